The molecule has 2 aromatic carbocycles. The molecule has 3 rings (SSSR count). The van der Waals surface area contributed by atoms with Crippen LogP contribution < -0.4 is 14.8 Å². The zero-order valence-corrected chi connectivity index (χ0v) is 22.5. The van der Waals surface area contributed by atoms with E-state index in [0.29, 0.717) is 53.4 Å². The predicted molar refractivity (Wildman–Crippen MR) is 144 cm³/mol. The average Bonchev–Trinajstić information content (AvgIpc) is 3.29. The van der Waals surface area contributed by atoms with Crippen molar-refractivity contribution in [1.29, 1.82) is 0 Å². The number of anilines is 1. The van der Waals surface area contributed by atoms with E-state index in [9.17, 15) is 9.59 Å². The number of amides is 2. The molecule has 0 saturated heterocycles. The van der Waals surface area contributed by atoms with E-state index in [1.807, 2.05) is 38.2 Å². The van der Waals surface area contributed by atoms with Gasteiger partial charge < -0.3 is 19.1 Å². The normalized spacial score (nSPS) is 10.9. The second-order valence-corrected chi connectivity index (χ2v) is 9.26. The van der Waals surface area contributed by atoms with E-state index in [4.69, 9.17) is 25.8 Å². The summed E-state index contributed by atoms with van der Waals surface area (Å²) in [6, 6.07) is 12.7. The fourth-order valence-electron chi connectivity index (χ4n) is 3.71. The van der Waals surface area contributed by atoms with Crippen molar-refractivity contribution in [3.63, 3.8) is 0 Å². The van der Waals surface area contributed by atoms with Gasteiger partial charge in [-0.3, -0.25) is 19.5 Å². The van der Waals surface area contributed by atoms with Crippen LogP contribution in [0.3, 0.4) is 0 Å². The number of hydrogen-bond acceptors (Lipinski definition) is 6. The van der Waals surface area contributed by atoms with E-state index in [2.05, 4.69) is 10.3 Å². The van der Waals surface area contributed by atoms with E-state index in [0.717, 1.165) is 5.56 Å². The third-order valence-electron chi connectivity index (χ3n) is 5.58. The highest BCUT2D eigenvalue weighted by atomic mass is 35.5. The molecule has 3 aromatic rings. The largest absolute Gasteiger partial charge is 0.493 e. The molecule has 0 spiro atoms. The Morgan fingerprint density at radius 1 is 1.05 bits per heavy atom. The minimum atomic E-state index is -0.372. The molecule has 37 heavy (non-hydrogen) atoms. The number of imidazole rings is 1. The van der Waals surface area contributed by atoms with Crippen LogP contribution in [0.2, 0.25) is 5.02 Å². The number of methoxy groups -OCH3 is 3. The molecule has 0 aliphatic carbocycles. The lowest BCUT2D eigenvalue weighted by atomic mass is 10.1. The molecule has 0 radical (unpaired) electrons. The molecule has 0 unspecified atom stereocenters. The molecule has 1 aromatic heterocycles. The monoisotopic (exact) mass is 528 g/mol. The molecular weight excluding hydrogens is 496 g/mol. The first kappa shape index (κ1) is 28.0. The first-order valence-electron chi connectivity index (χ1n) is 11.9. The van der Waals surface area contributed by atoms with Gasteiger partial charge in [0.15, 0.2) is 11.5 Å². The smallest absolute Gasteiger partial charge is 0.246 e. The van der Waals surface area contributed by atoms with Crippen molar-refractivity contribution in [3.05, 3.63) is 53.7 Å². The number of rotatable bonds is 12. The summed E-state index contributed by atoms with van der Waals surface area (Å²) in [6.45, 7) is 4.45. The van der Waals surface area contributed by atoms with Crippen LogP contribution in [0.1, 0.15) is 20.3 Å². The third-order valence-corrected chi connectivity index (χ3v) is 5.83. The van der Waals surface area contributed by atoms with E-state index in [1.165, 1.54) is 4.90 Å². The summed E-state index contributed by atoms with van der Waals surface area (Å²) in [5, 5.41) is 3.48. The summed E-state index contributed by atoms with van der Waals surface area (Å²) < 4.78 is 17.7. The van der Waals surface area contributed by atoms with Gasteiger partial charge in [0.1, 0.15) is 6.54 Å². The van der Waals surface area contributed by atoms with Gasteiger partial charge in [-0.2, -0.15) is 0 Å². The van der Waals surface area contributed by atoms with Gasteiger partial charge in [0.2, 0.25) is 17.8 Å². The lowest BCUT2D eigenvalue weighted by molar-refractivity contribution is -0.136. The van der Waals surface area contributed by atoms with Crippen LogP contribution in [0.4, 0.5) is 5.95 Å². The van der Waals surface area contributed by atoms with Crippen LogP contribution in [0, 0.1) is 5.92 Å². The Bertz CT molecular complexity index is 1210. The minimum absolute atomic E-state index is 0.104. The summed E-state index contributed by atoms with van der Waals surface area (Å²) in [7, 11) is 4.68. The van der Waals surface area contributed by atoms with Crippen molar-refractivity contribution in [2.75, 3.05) is 46.3 Å². The maximum Gasteiger partial charge on any atom is 0.246 e. The lowest BCUT2D eigenvalue weighted by Crippen LogP contribution is -2.40. The van der Waals surface area contributed by atoms with Crippen molar-refractivity contribution in [2.45, 2.75) is 20.3 Å². The summed E-state index contributed by atoms with van der Waals surface area (Å²) in [6.07, 6.45) is 2.16. The standard InChI is InChI=1S/C27H33ClN4O5/c1-18(2)14-26(34)31(12-13-35-3)17-25(33)30-27-29-22(19-6-8-20(28)9-7-19)16-32(27)21-10-11-23(36-4)24(15-21)37-5/h6-11,15-16,18H,12-14,17H2,1-5H3,(H,29,30,33). The first-order chi connectivity index (χ1) is 17.7. The SMILES string of the molecule is COCCN(CC(=O)Nc1nc(-c2ccc(Cl)cc2)cn1-c1ccc(OC)c(OC)c1)C(=O)CC(C)C. The number of carbonyl (C=O) groups is 2. The summed E-state index contributed by atoms with van der Waals surface area (Å²) >= 11 is 6.05. The molecule has 0 bridgehead atoms. The quantitative estimate of drug-likeness (QED) is 0.367. The number of nitrogens with zero attached hydrogens (tertiary/aromatic N) is 3. The maximum absolute atomic E-state index is 13.1. The molecule has 0 saturated carbocycles. The van der Waals surface area contributed by atoms with E-state index in [-0.39, 0.29) is 24.3 Å². The Balaban J connectivity index is 1.94. The molecular formula is C27H33ClN4O5. The lowest BCUT2D eigenvalue weighted by Gasteiger charge is -2.22. The minimum Gasteiger partial charge on any atom is -0.493 e. The number of ether oxygens (including phenoxy) is 3. The Labute approximate surface area is 222 Å². The maximum atomic E-state index is 13.1. The zero-order chi connectivity index (χ0) is 26.9. The van der Waals surface area contributed by atoms with E-state index >= 15 is 0 Å². The molecule has 9 nitrogen and oxygen atoms in total. The van der Waals surface area contributed by atoms with Gasteiger partial charge in [-0.15, -0.1) is 0 Å². The van der Waals surface area contributed by atoms with Gasteiger partial charge in [-0.05, 0) is 30.2 Å². The van der Waals surface area contributed by atoms with E-state index < -0.39 is 0 Å². The van der Waals surface area contributed by atoms with Gasteiger partial charge in [0, 0.05) is 42.9 Å². The average molecular weight is 529 g/mol. The topological polar surface area (TPSA) is 94.9 Å². The number of halogens is 1. The predicted octanol–water partition coefficient (Wildman–Crippen LogP) is 4.67. The molecule has 10 heteroatoms. The number of nitrogens with one attached hydrogen (secondary N) is 1. The Hall–Kier alpha value is -3.56. The Morgan fingerprint density at radius 2 is 1.76 bits per heavy atom. The first-order valence-corrected chi connectivity index (χ1v) is 12.3. The van der Waals surface area contributed by atoms with Crippen molar-refractivity contribution in [1.82, 2.24) is 14.5 Å². The third kappa shape index (κ3) is 7.47. The van der Waals surface area contributed by atoms with Gasteiger partial charge in [0.05, 0.1) is 32.2 Å². The molecule has 198 valence electrons. The van der Waals surface area contributed by atoms with Gasteiger partial charge in [0.25, 0.3) is 0 Å². The highest BCUT2D eigenvalue weighted by Crippen LogP contribution is 2.32. The van der Waals surface area contributed by atoms with E-state index in [1.54, 1.807) is 50.2 Å². The van der Waals surface area contributed by atoms with Crippen molar-refractivity contribution >= 4 is 29.4 Å². The van der Waals surface area contributed by atoms with Crippen LogP contribution in [0.15, 0.2) is 48.7 Å². The number of benzene rings is 2. The second-order valence-electron chi connectivity index (χ2n) is 8.82. The Morgan fingerprint density at radius 3 is 2.38 bits per heavy atom. The highest BCUT2D eigenvalue weighted by molar-refractivity contribution is 6.30. The fraction of sp³-hybridized carbons (Fsp3) is 0.370. The molecule has 0 atom stereocenters. The van der Waals surface area contributed by atoms with Gasteiger partial charge in [-0.1, -0.05) is 37.6 Å². The number of carbonyl (C=O) groups excluding carboxylic acids is 2. The van der Waals surface area contributed by atoms with Crippen molar-refractivity contribution < 1.29 is 23.8 Å². The highest BCUT2D eigenvalue weighted by Gasteiger charge is 2.21. The van der Waals surface area contributed by atoms with Crippen LogP contribution >= 0.6 is 11.6 Å². The molecule has 0 aliphatic heterocycles. The summed E-state index contributed by atoms with van der Waals surface area (Å²) in [5.74, 6) is 1.10. The number of aromatic nitrogens is 2. The second kappa shape index (κ2) is 13.1. The van der Waals surface area contributed by atoms with Gasteiger partial charge in [-0.25, -0.2) is 4.98 Å². The molecule has 1 N–H and O–H groups in total. The molecule has 2 amide bonds. The van der Waals surface area contributed by atoms with Crippen LogP contribution in [-0.2, 0) is 14.3 Å². The Kier molecular flexibility index (Phi) is 9.93. The number of hydrogen-bond donors (Lipinski definition) is 1. The fourth-order valence-corrected chi connectivity index (χ4v) is 3.84. The van der Waals surface area contributed by atoms with Crippen LogP contribution in [0.5, 0.6) is 11.5 Å². The van der Waals surface area contributed by atoms with Crippen molar-refractivity contribution in [3.8, 4) is 28.4 Å². The van der Waals surface area contributed by atoms with Crippen molar-refractivity contribution in [2.24, 2.45) is 5.92 Å². The molecule has 0 aliphatic rings. The zero-order valence-electron chi connectivity index (χ0n) is 21.8. The van der Waals surface area contributed by atoms with Crippen LogP contribution in [-0.4, -0.2) is 67.3 Å². The van der Waals surface area contributed by atoms with Gasteiger partial charge >= 0.3 is 0 Å². The summed E-state index contributed by atoms with van der Waals surface area (Å²) in [5.41, 5.74) is 2.16. The summed E-state index contributed by atoms with van der Waals surface area (Å²) in [4.78, 5) is 32.0. The molecule has 0 fully saturated rings. The molecule has 1 heterocycles. The van der Waals surface area contributed by atoms with Crippen LogP contribution in [0.25, 0.3) is 16.9 Å².